The molecule has 1 unspecified atom stereocenters. The lowest BCUT2D eigenvalue weighted by Gasteiger charge is -2.40. The summed E-state index contributed by atoms with van der Waals surface area (Å²) in [6.07, 6.45) is 11.6. The largest absolute Gasteiger partial charge is 0.310 e. The van der Waals surface area contributed by atoms with Crippen LogP contribution in [0.3, 0.4) is 0 Å². The number of rotatable bonds is 5. The van der Waals surface area contributed by atoms with Crippen LogP contribution in [0.25, 0.3) is 0 Å². The van der Waals surface area contributed by atoms with Crippen molar-refractivity contribution in [3.8, 4) is 0 Å². The number of nitrogens with zero attached hydrogens (tertiary/aromatic N) is 1. The molecule has 3 aliphatic rings. The van der Waals surface area contributed by atoms with Gasteiger partial charge in [-0.1, -0.05) is 26.7 Å². The summed E-state index contributed by atoms with van der Waals surface area (Å²) >= 11 is 0. The molecule has 2 nitrogen and oxygen atoms in total. The average Bonchev–Trinajstić information content (AvgIpc) is 3.18. The zero-order valence-corrected chi connectivity index (χ0v) is 14.6. The van der Waals surface area contributed by atoms with Crippen LogP contribution < -0.4 is 5.32 Å². The van der Waals surface area contributed by atoms with Crippen molar-refractivity contribution in [1.29, 1.82) is 0 Å². The minimum absolute atomic E-state index is 0.397. The zero-order chi connectivity index (χ0) is 14.9. The van der Waals surface area contributed by atoms with Crippen LogP contribution in [0.2, 0.25) is 0 Å². The topological polar surface area (TPSA) is 15.3 Å². The van der Waals surface area contributed by atoms with E-state index in [1.54, 1.807) is 0 Å². The molecule has 0 spiro atoms. The zero-order valence-electron chi connectivity index (χ0n) is 14.6. The third-order valence-corrected chi connectivity index (χ3v) is 6.27. The molecule has 2 aliphatic carbocycles. The van der Waals surface area contributed by atoms with Crippen LogP contribution >= 0.6 is 0 Å². The average molecular weight is 293 g/mol. The minimum Gasteiger partial charge on any atom is -0.310 e. The quantitative estimate of drug-likeness (QED) is 0.822. The third-order valence-electron chi connectivity index (χ3n) is 6.27. The van der Waals surface area contributed by atoms with Gasteiger partial charge in [-0.2, -0.15) is 0 Å². The summed E-state index contributed by atoms with van der Waals surface area (Å²) in [5.74, 6) is 1.80. The van der Waals surface area contributed by atoms with E-state index < -0.39 is 0 Å². The van der Waals surface area contributed by atoms with Gasteiger partial charge in [0.15, 0.2) is 0 Å². The van der Waals surface area contributed by atoms with Gasteiger partial charge in [-0.15, -0.1) is 0 Å². The normalized spacial score (nSPS) is 34.3. The van der Waals surface area contributed by atoms with Crippen molar-refractivity contribution in [3.63, 3.8) is 0 Å². The van der Waals surface area contributed by atoms with Gasteiger partial charge in [0.1, 0.15) is 0 Å². The van der Waals surface area contributed by atoms with Crippen molar-refractivity contribution in [3.05, 3.63) is 0 Å². The molecule has 1 heterocycles. The molecule has 0 bridgehead atoms. The highest BCUT2D eigenvalue weighted by molar-refractivity contribution is 5.02. The maximum Gasteiger partial charge on any atom is 0.0308 e. The highest BCUT2D eigenvalue weighted by Gasteiger charge is 2.44. The standard InChI is InChI=1S/C19H36N2/c1-16(2)13-19(9-4-5-10-19)15-21-12-6-11-20-18(3,14-21)17-7-8-17/h16-17,20H,4-15H2,1-3H3. The predicted octanol–water partition coefficient (Wildman–Crippen LogP) is 4.06. The fourth-order valence-corrected chi connectivity index (χ4v) is 5.30. The van der Waals surface area contributed by atoms with Crippen molar-refractivity contribution in [2.24, 2.45) is 17.3 Å². The Morgan fingerprint density at radius 2 is 1.86 bits per heavy atom. The van der Waals surface area contributed by atoms with Gasteiger partial charge in [-0.3, -0.25) is 0 Å². The third kappa shape index (κ3) is 3.82. The molecule has 1 saturated heterocycles. The first-order valence-electron chi connectivity index (χ1n) is 9.49. The Balaban J connectivity index is 1.66. The Morgan fingerprint density at radius 3 is 2.48 bits per heavy atom. The first-order valence-corrected chi connectivity index (χ1v) is 9.49. The minimum atomic E-state index is 0.397. The van der Waals surface area contributed by atoms with E-state index >= 15 is 0 Å². The molecule has 1 aliphatic heterocycles. The second-order valence-corrected chi connectivity index (χ2v) is 8.99. The SMILES string of the molecule is CC(C)CC1(CN2CCCNC(C)(C3CC3)C2)CCCC1. The van der Waals surface area contributed by atoms with Crippen molar-refractivity contribution >= 4 is 0 Å². The van der Waals surface area contributed by atoms with Crippen molar-refractivity contribution in [2.75, 3.05) is 26.2 Å². The number of nitrogens with one attached hydrogen (secondary N) is 1. The number of hydrogen-bond donors (Lipinski definition) is 1. The molecule has 0 aromatic carbocycles. The summed E-state index contributed by atoms with van der Waals surface area (Å²) in [6, 6.07) is 0. The number of hydrogen-bond acceptors (Lipinski definition) is 2. The van der Waals surface area contributed by atoms with E-state index in [9.17, 15) is 0 Å². The van der Waals surface area contributed by atoms with Gasteiger partial charge in [0, 0.05) is 18.6 Å². The highest BCUT2D eigenvalue weighted by atomic mass is 15.2. The van der Waals surface area contributed by atoms with Crippen molar-refractivity contribution < 1.29 is 0 Å². The molecule has 3 fully saturated rings. The van der Waals surface area contributed by atoms with Gasteiger partial charge in [-0.25, -0.2) is 0 Å². The van der Waals surface area contributed by atoms with Crippen LogP contribution in [-0.4, -0.2) is 36.6 Å². The van der Waals surface area contributed by atoms with E-state index in [0.29, 0.717) is 11.0 Å². The Labute approximate surface area is 132 Å². The van der Waals surface area contributed by atoms with E-state index in [-0.39, 0.29) is 0 Å². The molecular weight excluding hydrogens is 256 g/mol. The summed E-state index contributed by atoms with van der Waals surface area (Å²) in [6.45, 7) is 12.5. The Kier molecular flexibility index (Phi) is 4.66. The molecule has 0 aromatic heterocycles. The smallest absolute Gasteiger partial charge is 0.0308 e. The molecule has 3 rings (SSSR count). The highest BCUT2D eigenvalue weighted by Crippen LogP contribution is 2.45. The molecular formula is C19H36N2. The Bertz CT molecular complexity index is 341. The Hall–Kier alpha value is -0.0800. The van der Waals surface area contributed by atoms with Crippen LogP contribution in [0.15, 0.2) is 0 Å². The maximum absolute atomic E-state index is 3.89. The summed E-state index contributed by atoms with van der Waals surface area (Å²) in [4.78, 5) is 2.84. The van der Waals surface area contributed by atoms with Gasteiger partial charge >= 0.3 is 0 Å². The van der Waals surface area contributed by atoms with Gasteiger partial charge in [0.05, 0.1) is 0 Å². The van der Waals surface area contributed by atoms with Gasteiger partial charge in [-0.05, 0) is 75.8 Å². The molecule has 0 radical (unpaired) electrons. The van der Waals surface area contributed by atoms with Gasteiger partial charge < -0.3 is 10.2 Å². The lowest BCUT2D eigenvalue weighted by molar-refractivity contribution is 0.108. The lowest BCUT2D eigenvalue weighted by atomic mass is 9.77. The van der Waals surface area contributed by atoms with Crippen LogP contribution in [0.4, 0.5) is 0 Å². The van der Waals surface area contributed by atoms with Crippen LogP contribution in [-0.2, 0) is 0 Å². The molecule has 21 heavy (non-hydrogen) atoms. The lowest BCUT2D eigenvalue weighted by Crippen LogP contribution is -2.52. The summed E-state index contributed by atoms with van der Waals surface area (Å²) in [5, 5.41) is 3.89. The monoisotopic (exact) mass is 292 g/mol. The van der Waals surface area contributed by atoms with E-state index in [1.807, 2.05) is 0 Å². The fraction of sp³-hybridized carbons (Fsp3) is 1.00. The molecule has 1 atom stereocenters. The maximum atomic E-state index is 3.89. The second-order valence-electron chi connectivity index (χ2n) is 8.99. The van der Waals surface area contributed by atoms with Crippen LogP contribution in [0.1, 0.15) is 72.1 Å². The van der Waals surface area contributed by atoms with E-state index in [0.717, 1.165) is 11.8 Å². The molecule has 2 saturated carbocycles. The van der Waals surface area contributed by atoms with Gasteiger partial charge in [0.2, 0.25) is 0 Å². The molecule has 1 N–H and O–H groups in total. The first kappa shape index (κ1) is 15.8. The molecule has 122 valence electrons. The van der Waals surface area contributed by atoms with E-state index in [4.69, 9.17) is 0 Å². The van der Waals surface area contributed by atoms with Crippen molar-refractivity contribution in [1.82, 2.24) is 10.2 Å². The predicted molar refractivity (Wildman–Crippen MR) is 90.5 cm³/mol. The van der Waals surface area contributed by atoms with Crippen LogP contribution in [0.5, 0.6) is 0 Å². The molecule has 0 aromatic rings. The van der Waals surface area contributed by atoms with Gasteiger partial charge in [0.25, 0.3) is 0 Å². The summed E-state index contributed by atoms with van der Waals surface area (Å²) in [7, 11) is 0. The Morgan fingerprint density at radius 1 is 1.14 bits per heavy atom. The van der Waals surface area contributed by atoms with E-state index in [1.165, 1.54) is 77.5 Å². The summed E-state index contributed by atoms with van der Waals surface area (Å²) < 4.78 is 0. The molecule has 2 heteroatoms. The first-order chi connectivity index (χ1) is 10.0. The fourth-order valence-electron chi connectivity index (χ4n) is 5.30. The van der Waals surface area contributed by atoms with Crippen molar-refractivity contribution in [2.45, 2.75) is 77.7 Å². The van der Waals surface area contributed by atoms with Crippen LogP contribution in [0, 0.1) is 17.3 Å². The summed E-state index contributed by atoms with van der Waals surface area (Å²) in [5.41, 5.74) is 1.04. The molecule has 0 amide bonds. The second kappa shape index (κ2) is 6.20. The van der Waals surface area contributed by atoms with E-state index in [2.05, 4.69) is 31.0 Å².